The fraction of sp³-hybridized carbons (Fsp3) is 0.160. The summed E-state index contributed by atoms with van der Waals surface area (Å²) in [6, 6.07) is 17.8. The summed E-state index contributed by atoms with van der Waals surface area (Å²) >= 11 is 7.47. The number of carbonyl (C=O) groups excluding carboxylic acids is 1. The number of aromatic nitrogens is 4. The Morgan fingerprint density at radius 3 is 2.64 bits per heavy atom. The van der Waals surface area contributed by atoms with Crippen molar-refractivity contribution in [1.29, 1.82) is 0 Å². The van der Waals surface area contributed by atoms with Gasteiger partial charge >= 0.3 is 0 Å². The maximum atomic E-state index is 13.0. The number of nitrogens with zero attached hydrogens (tertiary/aromatic N) is 4. The standard InChI is InChI=1S/C25H22ClN5OS/c1-17-22-12-23(33-25(22)31(29-17)14-18-6-8-21(26)9-7-18)24(32)28-13-19-4-2-3-5-20(19)15-30-11-10-27-16-30/h2-12,16H,13-15H2,1H3,(H,28,32). The minimum atomic E-state index is -0.0777. The predicted octanol–water partition coefficient (Wildman–Crippen LogP) is 5.28. The lowest BCUT2D eigenvalue weighted by Gasteiger charge is -2.11. The van der Waals surface area contributed by atoms with Crippen molar-refractivity contribution < 1.29 is 4.79 Å². The van der Waals surface area contributed by atoms with E-state index in [2.05, 4.69) is 21.5 Å². The summed E-state index contributed by atoms with van der Waals surface area (Å²) in [5.74, 6) is -0.0777. The van der Waals surface area contributed by atoms with Crippen molar-refractivity contribution in [3.8, 4) is 0 Å². The molecule has 0 saturated carbocycles. The third-order valence-electron chi connectivity index (χ3n) is 5.55. The highest BCUT2D eigenvalue weighted by Crippen LogP contribution is 2.29. The van der Waals surface area contributed by atoms with Gasteiger partial charge < -0.3 is 9.88 Å². The van der Waals surface area contributed by atoms with Gasteiger partial charge in [-0.2, -0.15) is 5.10 Å². The molecule has 0 atom stereocenters. The molecular formula is C25H22ClN5OS. The third kappa shape index (κ3) is 4.69. The van der Waals surface area contributed by atoms with Crippen molar-refractivity contribution in [2.24, 2.45) is 0 Å². The topological polar surface area (TPSA) is 64.7 Å². The van der Waals surface area contributed by atoms with E-state index in [1.165, 1.54) is 11.3 Å². The number of carbonyl (C=O) groups is 1. The van der Waals surface area contributed by atoms with Gasteiger partial charge in [0.15, 0.2) is 0 Å². The van der Waals surface area contributed by atoms with Gasteiger partial charge in [0.05, 0.1) is 23.4 Å². The van der Waals surface area contributed by atoms with Crippen LogP contribution in [-0.2, 0) is 19.6 Å². The van der Waals surface area contributed by atoms with Crippen LogP contribution in [0.25, 0.3) is 10.2 Å². The zero-order valence-electron chi connectivity index (χ0n) is 18.0. The lowest BCUT2D eigenvalue weighted by atomic mass is 10.1. The zero-order chi connectivity index (χ0) is 22.8. The first-order valence-corrected chi connectivity index (χ1v) is 11.8. The lowest BCUT2D eigenvalue weighted by Crippen LogP contribution is -2.22. The Balaban J connectivity index is 1.32. The molecule has 1 N–H and O–H groups in total. The molecular weight excluding hydrogens is 454 g/mol. The molecule has 0 bridgehead atoms. The molecule has 0 aliphatic rings. The molecule has 5 rings (SSSR count). The number of amides is 1. The largest absolute Gasteiger partial charge is 0.347 e. The van der Waals surface area contributed by atoms with Crippen molar-refractivity contribution >= 4 is 39.1 Å². The molecule has 33 heavy (non-hydrogen) atoms. The maximum absolute atomic E-state index is 13.0. The summed E-state index contributed by atoms with van der Waals surface area (Å²) in [7, 11) is 0. The number of imidazole rings is 1. The second-order valence-corrected chi connectivity index (χ2v) is 9.35. The van der Waals surface area contributed by atoms with Gasteiger partial charge in [-0.1, -0.05) is 48.0 Å². The van der Waals surface area contributed by atoms with E-state index in [1.54, 1.807) is 12.5 Å². The zero-order valence-corrected chi connectivity index (χ0v) is 19.6. The molecule has 0 aliphatic carbocycles. The van der Waals surface area contributed by atoms with Crippen LogP contribution in [-0.4, -0.2) is 25.2 Å². The van der Waals surface area contributed by atoms with Crippen LogP contribution in [0.15, 0.2) is 73.3 Å². The van der Waals surface area contributed by atoms with Crippen LogP contribution in [0.2, 0.25) is 5.02 Å². The Morgan fingerprint density at radius 2 is 1.88 bits per heavy atom. The summed E-state index contributed by atoms with van der Waals surface area (Å²) in [6.07, 6.45) is 5.49. The Kier molecular flexibility index (Phi) is 5.98. The second kappa shape index (κ2) is 9.21. The van der Waals surface area contributed by atoms with Gasteiger partial charge in [-0.3, -0.25) is 9.48 Å². The molecule has 0 saturated heterocycles. The number of halogens is 1. The summed E-state index contributed by atoms with van der Waals surface area (Å²) in [4.78, 5) is 18.8. The van der Waals surface area contributed by atoms with E-state index in [9.17, 15) is 4.79 Å². The molecule has 5 aromatic rings. The Hall–Kier alpha value is -3.42. The fourth-order valence-corrected chi connectivity index (χ4v) is 5.02. The van der Waals surface area contributed by atoms with Crippen LogP contribution in [0.1, 0.15) is 32.1 Å². The normalized spacial score (nSPS) is 11.2. The van der Waals surface area contributed by atoms with Crippen molar-refractivity contribution in [1.82, 2.24) is 24.6 Å². The van der Waals surface area contributed by atoms with E-state index < -0.39 is 0 Å². The Labute approximate surface area is 200 Å². The van der Waals surface area contributed by atoms with E-state index in [1.807, 2.05) is 70.9 Å². The van der Waals surface area contributed by atoms with Crippen molar-refractivity contribution in [3.05, 3.63) is 106 Å². The number of thiophene rings is 1. The fourth-order valence-electron chi connectivity index (χ4n) is 3.82. The predicted molar refractivity (Wildman–Crippen MR) is 132 cm³/mol. The first-order valence-electron chi connectivity index (χ1n) is 10.6. The van der Waals surface area contributed by atoms with E-state index in [0.717, 1.165) is 32.6 Å². The summed E-state index contributed by atoms with van der Waals surface area (Å²) in [5, 5.41) is 9.47. The van der Waals surface area contributed by atoms with E-state index in [4.69, 9.17) is 11.6 Å². The molecule has 0 radical (unpaired) electrons. The SMILES string of the molecule is Cc1nn(Cc2ccc(Cl)cc2)c2sc(C(=O)NCc3ccccc3Cn3ccnc3)cc12. The second-order valence-electron chi connectivity index (χ2n) is 7.89. The highest BCUT2D eigenvalue weighted by molar-refractivity contribution is 7.20. The number of hydrogen-bond donors (Lipinski definition) is 1. The highest BCUT2D eigenvalue weighted by Gasteiger charge is 2.17. The van der Waals surface area contributed by atoms with Gasteiger partial charge in [0.25, 0.3) is 5.91 Å². The average molecular weight is 476 g/mol. The number of fused-ring (bicyclic) bond motifs is 1. The molecule has 8 heteroatoms. The number of nitrogens with one attached hydrogen (secondary N) is 1. The smallest absolute Gasteiger partial charge is 0.261 e. The molecule has 0 aliphatic heterocycles. The van der Waals surface area contributed by atoms with Gasteiger partial charge in [0, 0.05) is 35.9 Å². The van der Waals surface area contributed by atoms with Crippen LogP contribution in [0, 0.1) is 6.92 Å². The first kappa shape index (κ1) is 21.4. The molecule has 0 unspecified atom stereocenters. The van der Waals surface area contributed by atoms with Crippen molar-refractivity contribution in [3.63, 3.8) is 0 Å². The minimum Gasteiger partial charge on any atom is -0.347 e. The molecule has 1 amide bonds. The third-order valence-corrected chi connectivity index (χ3v) is 6.95. The Morgan fingerprint density at radius 1 is 1.09 bits per heavy atom. The van der Waals surface area contributed by atoms with Crippen molar-refractivity contribution in [2.45, 2.75) is 26.6 Å². The molecule has 3 heterocycles. The molecule has 2 aromatic carbocycles. The van der Waals surface area contributed by atoms with Gasteiger partial charge in [0.1, 0.15) is 4.83 Å². The average Bonchev–Trinajstić information content (AvgIpc) is 3.54. The first-order chi connectivity index (χ1) is 16.1. The van der Waals surface area contributed by atoms with E-state index >= 15 is 0 Å². The quantitative estimate of drug-likeness (QED) is 0.348. The summed E-state index contributed by atoms with van der Waals surface area (Å²) in [5.41, 5.74) is 4.27. The lowest BCUT2D eigenvalue weighted by molar-refractivity contribution is 0.0955. The summed E-state index contributed by atoms with van der Waals surface area (Å²) < 4.78 is 3.97. The monoisotopic (exact) mass is 475 g/mol. The Bertz CT molecular complexity index is 1400. The molecule has 3 aromatic heterocycles. The molecule has 0 spiro atoms. The molecule has 166 valence electrons. The van der Waals surface area contributed by atoms with Crippen LogP contribution in [0.5, 0.6) is 0 Å². The number of benzene rings is 2. The number of rotatable bonds is 7. The van der Waals surface area contributed by atoms with Crippen LogP contribution < -0.4 is 5.32 Å². The minimum absolute atomic E-state index is 0.0777. The molecule has 0 fully saturated rings. The number of hydrogen-bond acceptors (Lipinski definition) is 4. The maximum Gasteiger partial charge on any atom is 0.261 e. The van der Waals surface area contributed by atoms with Crippen LogP contribution in [0.3, 0.4) is 0 Å². The van der Waals surface area contributed by atoms with Crippen LogP contribution in [0.4, 0.5) is 0 Å². The van der Waals surface area contributed by atoms with Gasteiger partial charge in [-0.25, -0.2) is 4.98 Å². The van der Waals surface area contributed by atoms with Gasteiger partial charge in [-0.15, -0.1) is 11.3 Å². The van der Waals surface area contributed by atoms with Gasteiger partial charge in [-0.05, 0) is 41.8 Å². The van der Waals surface area contributed by atoms with Crippen LogP contribution >= 0.6 is 22.9 Å². The van der Waals surface area contributed by atoms with E-state index in [0.29, 0.717) is 29.5 Å². The van der Waals surface area contributed by atoms with Gasteiger partial charge in [0.2, 0.25) is 0 Å². The van der Waals surface area contributed by atoms with Crippen molar-refractivity contribution in [2.75, 3.05) is 0 Å². The highest BCUT2D eigenvalue weighted by atomic mass is 35.5. The number of aryl methyl sites for hydroxylation is 1. The summed E-state index contributed by atoms with van der Waals surface area (Å²) in [6.45, 7) is 3.79. The molecule has 6 nitrogen and oxygen atoms in total. The van der Waals surface area contributed by atoms with E-state index in [-0.39, 0.29) is 5.91 Å².